The molecule has 150 valence electrons. The SMILES string of the molecule is CN(C(=O)COc1ccc(S(=O)(=O)N2CCCCCC2)cc1)c1ccccc1. The van der Waals surface area contributed by atoms with Gasteiger partial charge in [0.05, 0.1) is 4.90 Å². The zero-order chi connectivity index (χ0) is 20.0. The minimum atomic E-state index is -3.48. The number of amides is 1. The molecule has 0 aromatic heterocycles. The van der Waals surface area contributed by atoms with E-state index in [2.05, 4.69) is 0 Å². The second kappa shape index (κ2) is 9.21. The van der Waals surface area contributed by atoms with Crippen LogP contribution >= 0.6 is 0 Å². The summed E-state index contributed by atoms with van der Waals surface area (Å²) in [6.45, 7) is 1.02. The highest BCUT2D eigenvalue weighted by atomic mass is 32.2. The molecule has 6 nitrogen and oxygen atoms in total. The smallest absolute Gasteiger partial charge is 0.264 e. The Balaban J connectivity index is 1.60. The van der Waals surface area contributed by atoms with Crippen LogP contribution in [0.15, 0.2) is 59.5 Å². The van der Waals surface area contributed by atoms with Crippen LogP contribution in [-0.4, -0.2) is 45.4 Å². The number of sulfonamides is 1. The Morgan fingerprint density at radius 1 is 0.964 bits per heavy atom. The number of rotatable bonds is 6. The molecule has 1 saturated heterocycles. The Labute approximate surface area is 166 Å². The zero-order valence-electron chi connectivity index (χ0n) is 16.1. The maximum atomic E-state index is 12.8. The van der Waals surface area contributed by atoms with Gasteiger partial charge in [-0.25, -0.2) is 8.42 Å². The van der Waals surface area contributed by atoms with E-state index in [9.17, 15) is 13.2 Å². The van der Waals surface area contributed by atoms with E-state index in [4.69, 9.17) is 4.74 Å². The molecule has 0 spiro atoms. The van der Waals surface area contributed by atoms with Crippen molar-refractivity contribution in [2.24, 2.45) is 0 Å². The Morgan fingerprint density at radius 3 is 2.18 bits per heavy atom. The quantitative estimate of drug-likeness (QED) is 0.744. The van der Waals surface area contributed by atoms with E-state index in [-0.39, 0.29) is 17.4 Å². The molecule has 0 saturated carbocycles. The lowest BCUT2D eigenvalue weighted by Gasteiger charge is -2.20. The number of para-hydroxylation sites is 1. The van der Waals surface area contributed by atoms with Crippen LogP contribution in [-0.2, 0) is 14.8 Å². The van der Waals surface area contributed by atoms with Crippen molar-refractivity contribution in [1.82, 2.24) is 4.31 Å². The third-order valence-corrected chi connectivity index (χ3v) is 6.82. The number of benzene rings is 2. The minimum Gasteiger partial charge on any atom is -0.484 e. The number of hydrogen-bond donors (Lipinski definition) is 0. The summed E-state index contributed by atoms with van der Waals surface area (Å²) in [5.41, 5.74) is 0.787. The molecule has 1 aliphatic heterocycles. The Hall–Kier alpha value is -2.38. The molecular formula is C21H26N2O4S. The molecule has 0 unspecified atom stereocenters. The summed E-state index contributed by atoms with van der Waals surface area (Å²) in [5.74, 6) is 0.275. The summed E-state index contributed by atoms with van der Waals surface area (Å²) >= 11 is 0. The van der Waals surface area contributed by atoms with Crippen molar-refractivity contribution in [3.8, 4) is 5.75 Å². The number of carbonyl (C=O) groups excluding carboxylic acids is 1. The largest absolute Gasteiger partial charge is 0.484 e. The second-order valence-electron chi connectivity index (χ2n) is 6.87. The van der Waals surface area contributed by atoms with Crippen molar-refractivity contribution < 1.29 is 17.9 Å². The van der Waals surface area contributed by atoms with Gasteiger partial charge in [0, 0.05) is 25.8 Å². The normalized spacial score (nSPS) is 15.6. The summed E-state index contributed by atoms with van der Waals surface area (Å²) < 4.78 is 32.7. The fourth-order valence-corrected chi connectivity index (χ4v) is 4.69. The Kier molecular flexibility index (Phi) is 6.70. The van der Waals surface area contributed by atoms with E-state index >= 15 is 0 Å². The molecule has 2 aromatic carbocycles. The third kappa shape index (κ3) is 4.91. The van der Waals surface area contributed by atoms with Crippen LogP contribution in [0.1, 0.15) is 25.7 Å². The van der Waals surface area contributed by atoms with Gasteiger partial charge in [0.2, 0.25) is 10.0 Å². The van der Waals surface area contributed by atoms with Crippen LogP contribution in [0.3, 0.4) is 0 Å². The van der Waals surface area contributed by atoms with Crippen molar-refractivity contribution in [2.45, 2.75) is 30.6 Å². The van der Waals surface area contributed by atoms with Crippen molar-refractivity contribution in [3.05, 3.63) is 54.6 Å². The molecule has 2 aromatic rings. The van der Waals surface area contributed by atoms with Crippen LogP contribution < -0.4 is 9.64 Å². The second-order valence-corrected chi connectivity index (χ2v) is 8.80. The number of nitrogens with zero attached hydrogens (tertiary/aromatic N) is 2. The van der Waals surface area contributed by atoms with E-state index in [1.165, 1.54) is 4.90 Å². The maximum absolute atomic E-state index is 12.8. The molecule has 28 heavy (non-hydrogen) atoms. The highest BCUT2D eigenvalue weighted by Gasteiger charge is 2.25. The van der Waals surface area contributed by atoms with Gasteiger partial charge >= 0.3 is 0 Å². The molecule has 1 heterocycles. The van der Waals surface area contributed by atoms with E-state index in [1.807, 2.05) is 30.3 Å². The summed E-state index contributed by atoms with van der Waals surface area (Å²) in [5, 5.41) is 0. The standard InChI is InChI=1S/C21H26N2O4S/c1-22(18-9-5-4-6-10-18)21(24)17-27-19-11-13-20(14-12-19)28(25,26)23-15-7-2-3-8-16-23/h4-6,9-14H,2-3,7-8,15-17H2,1H3. The summed E-state index contributed by atoms with van der Waals surface area (Å²) in [4.78, 5) is 14.1. The van der Waals surface area contributed by atoms with Gasteiger partial charge in [0.1, 0.15) is 5.75 Å². The summed E-state index contributed by atoms with van der Waals surface area (Å²) in [7, 11) is -1.79. The van der Waals surface area contributed by atoms with Gasteiger partial charge in [0.15, 0.2) is 6.61 Å². The van der Waals surface area contributed by atoms with Crippen molar-refractivity contribution in [2.75, 3.05) is 31.6 Å². The number of carbonyl (C=O) groups is 1. The van der Waals surface area contributed by atoms with Gasteiger partial charge in [-0.2, -0.15) is 4.31 Å². The van der Waals surface area contributed by atoms with Crippen LogP contribution in [0.25, 0.3) is 0 Å². The lowest BCUT2D eigenvalue weighted by molar-refractivity contribution is -0.120. The molecule has 1 amide bonds. The average molecular weight is 403 g/mol. The molecule has 0 aliphatic carbocycles. The first kappa shape index (κ1) is 20.4. The first-order chi connectivity index (χ1) is 13.5. The van der Waals surface area contributed by atoms with E-state index < -0.39 is 10.0 Å². The van der Waals surface area contributed by atoms with Gasteiger partial charge in [-0.3, -0.25) is 4.79 Å². The lowest BCUT2D eigenvalue weighted by atomic mass is 10.2. The monoisotopic (exact) mass is 402 g/mol. The topological polar surface area (TPSA) is 66.9 Å². The molecule has 1 aliphatic rings. The molecule has 0 radical (unpaired) electrons. The van der Waals surface area contributed by atoms with Crippen LogP contribution in [0.4, 0.5) is 5.69 Å². The average Bonchev–Trinajstić information content (AvgIpc) is 3.02. The molecule has 3 rings (SSSR count). The number of likely N-dealkylation sites (N-methyl/N-ethyl adjacent to an activating group) is 1. The van der Waals surface area contributed by atoms with E-state index in [0.717, 1.165) is 31.4 Å². The molecule has 0 atom stereocenters. The van der Waals surface area contributed by atoms with Gasteiger partial charge in [0.25, 0.3) is 5.91 Å². The third-order valence-electron chi connectivity index (χ3n) is 4.91. The van der Waals surface area contributed by atoms with Crippen LogP contribution in [0, 0.1) is 0 Å². The predicted molar refractivity (Wildman–Crippen MR) is 109 cm³/mol. The minimum absolute atomic E-state index is 0.121. The summed E-state index contributed by atoms with van der Waals surface area (Å²) in [6.07, 6.45) is 3.95. The Bertz CT molecular complexity index is 874. The van der Waals surface area contributed by atoms with Crippen molar-refractivity contribution >= 4 is 21.6 Å². The number of ether oxygens (including phenoxy) is 1. The van der Waals surface area contributed by atoms with Crippen molar-refractivity contribution in [1.29, 1.82) is 0 Å². The Morgan fingerprint density at radius 2 is 1.57 bits per heavy atom. The van der Waals surface area contributed by atoms with Crippen LogP contribution in [0.5, 0.6) is 5.75 Å². The fraction of sp³-hybridized carbons (Fsp3) is 0.381. The number of hydrogen-bond acceptors (Lipinski definition) is 4. The van der Waals surface area contributed by atoms with E-state index in [1.54, 1.807) is 35.6 Å². The van der Waals surface area contributed by atoms with Gasteiger partial charge in [-0.1, -0.05) is 31.0 Å². The maximum Gasteiger partial charge on any atom is 0.264 e. The van der Waals surface area contributed by atoms with Crippen molar-refractivity contribution in [3.63, 3.8) is 0 Å². The van der Waals surface area contributed by atoms with Gasteiger partial charge in [-0.15, -0.1) is 0 Å². The predicted octanol–water partition coefficient (Wildman–Crippen LogP) is 3.29. The zero-order valence-corrected chi connectivity index (χ0v) is 16.9. The summed E-state index contributed by atoms with van der Waals surface area (Å²) in [6, 6.07) is 15.6. The van der Waals surface area contributed by atoms with Gasteiger partial charge in [-0.05, 0) is 49.2 Å². The van der Waals surface area contributed by atoms with Crippen LogP contribution in [0.2, 0.25) is 0 Å². The van der Waals surface area contributed by atoms with Gasteiger partial charge < -0.3 is 9.64 Å². The molecule has 0 bridgehead atoms. The van der Waals surface area contributed by atoms with E-state index in [0.29, 0.717) is 18.8 Å². The highest BCUT2D eigenvalue weighted by Crippen LogP contribution is 2.22. The number of anilines is 1. The highest BCUT2D eigenvalue weighted by molar-refractivity contribution is 7.89. The lowest BCUT2D eigenvalue weighted by Crippen LogP contribution is -2.32. The first-order valence-electron chi connectivity index (χ1n) is 9.53. The molecule has 7 heteroatoms. The molecule has 1 fully saturated rings. The molecular weight excluding hydrogens is 376 g/mol. The fourth-order valence-electron chi connectivity index (χ4n) is 3.18. The molecule has 0 N–H and O–H groups in total. The first-order valence-corrected chi connectivity index (χ1v) is 11.0.